The van der Waals surface area contributed by atoms with Crippen molar-refractivity contribution < 1.29 is 9.23 Å². The number of aliphatic imine (C=N–C) groups is 1. The minimum Gasteiger partial charge on any atom is -0.313 e. The summed E-state index contributed by atoms with van der Waals surface area (Å²) in [6, 6.07) is 6.85. The highest BCUT2D eigenvalue weighted by Crippen LogP contribution is 2.23. The molecule has 0 spiro atoms. The van der Waals surface area contributed by atoms with Gasteiger partial charge < -0.3 is 4.57 Å². The molecule has 0 bridgehead atoms. The number of hydrogen-bond donors (Lipinski definition) is 1. The van der Waals surface area contributed by atoms with Gasteiger partial charge in [-0.05, 0) is 32.0 Å². The number of nitrogens with one attached hydrogen (secondary N) is 1. The molecule has 0 saturated carbocycles. The first kappa shape index (κ1) is 13.7. The molecule has 0 amide bonds. The first-order valence-corrected chi connectivity index (χ1v) is 6.26. The predicted molar refractivity (Wildman–Crippen MR) is 74.8 cm³/mol. The average molecular weight is 263 g/mol. The van der Waals surface area contributed by atoms with Gasteiger partial charge in [0.2, 0.25) is 0 Å². The van der Waals surface area contributed by atoms with Gasteiger partial charge >= 0.3 is 0 Å². The molecule has 5 heteroatoms. The molecule has 0 radical (unpaired) electrons. The van der Waals surface area contributed by atoms with E-state index in [4.69, 9.17) is 4.84 Å². The Morgan fingerprint density at radius 1 is 1.47 bits per heavy atom. The van der Waals surface area contributed by atoms with Gasteiger partial charge in [-0.3, -0.25) is 9.83 Å². The minimum atomic E-state index is -0.230. The zero-order valence-electron chi connectivity index (χ0n) is 11.4. The van der Waals surface area contributed by atoms with Gasteiger partial charge in [-0.1, -0.05) is 6.07 Å². The molecular weight excluding hydrogens is 245 g/mol. The van der Waals surface area contributed by atoms with Crippen molar-refractivity contribution in [2.24, 2.45) is 4.99 Å². The summed E-state index contributed by atoms with van der Waals surface area (Å²) in [6.07, 6.45) is 0. The number of benzene rings is 1. The molecule has 0 unspecified atom stereocenters. The van der Waals surface area contributed by atoms with Crippen LogP contribution in [0, 0.1) is 5.82 Å². The van der Waals surface area contributed by atoms with E-state index in [2.05, 4.69) is 10.5 Å². The molecule has 2 aromatic rings. The quantitative estimate of drug-likeness (QED) is 0.665. The van der Waals surface area contributed by atoms with Crippen molar-refractivity contribution in [1.82, 2.24) is 10.0 Å². The van der Waals surface area contributed by atoms with Crippen molar-refractivity contribution in [2.75, 3.05) is 13.6 Å². The molecule has 1 aromatic carbocycles. The highest BCUT2D eigenvalue weighted by atomic mass is 19.1. The zero-order valence-corrected chi connectivity index (χ0v) is 11.4. The zero-order chi connectivity index (χ0) is 13.8. The van der Waals surface area contributed by atoms with Gasteiger partial charge in [0.15, 0.2) is 0 Å². The molecule has 0 aliphatic rings. The normalized spacial score (nSPS) is 12.3. The van der Waals surface area contributed by atoms with E-state index in [9.17, 15) is 4.39 Å². The summed E-state index contributed by atoms with van der Waals surface area (Å²) in [5.74, 6) is -0.230. The Morgan fingerprint density at radius 3 is 2.95 bits per heavy atom. The Bertz CT molecular complexity index is 604. The topological polar surface area (TPSA) is 38.5 Å². The van der Waals surface area contributed by atoms with Crippen LogP contribution in [0.2, 0.25) is 0 Å². The molecule has 1 heterocycles. The van der Waals surface area contributed by atoms with Crippen LogP contribution in [0.15, 0.2) is 29.3 Å². The molecule has 0 fully saturated rings. The van der Waals surface area contributed by atoms with E-state index < -0.39 is 0 Å². The number of halogens is 1. The second-order valence-electron chi connectivity index (χ2n) is 4.17. The summed E-state index contributed by atoms with van der Waals surface area (Å²) in [7, 11) is 1.69. The summed E-state index contributed by atoms with van der Waals surface area (Å²) < 4.78 is 15.7. The summed E-state index contributed by atoms with van der Waals surface area (Å²) >= 11 is 0. The van der Waals surface area contributed by atoms with Crippen LogP contribution in [-0.4, -0.2) is 23.9 Å². The van der Waals surface area contributed by atoms with Gasteiger partial charge in [-0.25, -0.2) is 9.87 Å². The standard InChI is InChI=1S/C14H18FN3O/c1-4-17-10(2)14-8-11-12(15)6-5-7-13(11)18(14)9-19-16-3/h5-8,16H,4,9H2,1-3H3/b17-10+. The van der Waals surface area contributed by atoms with Crippen LogP contribution >= 0.6 is 0 Å². The number of hydroxylamine groups is 1. The van der Waals surface area contributed by atoms with Gasteiger partial charge in [-0.15, -0.1) is 0 Å². The lowest BCUT2D eigenvalue weighted by molar-refractivity contribution is 0.0104. The molecule has 0 atom stereocenters. The van der Waals surface area contributed by atoms with Gasteiger partial charge in [0.05, 0.1) is 16.9 Å². The van der Waals surface area contributed by atoms with E-state index >= 15 is 0 Å². The molecule has 1 N–H and O–H groups in total. The maximum absolute atomic E-state index is 13.8. The summed E-state index contributed by atoms with van der Waals surface area (Å²) in [5, 5.41) is 0.586. The van der Waals surface area contributed by atoms with Crippen molar-refractivity contribution in [3.05, 3.63) is 35.8 Å². The number of aromatic nitrogens is 1. The molecule has 1 aromatic heterocycles. The van der Waals surface area contributed by atoms with Gasteiger partial charge in [0.1, 0.15) is 12.5 Å². The first-order valence-electron chi connectivity index (χ1n) is 6.26. The van der Waals surface area contributed by atoms with Crippen LogP contribution in [0.25, 0.3) is 10.9 Å². The maximum Gasteiger partial charge on any atom is 0.144 e. The van der Waals surface area contributed by atoms with E-state index in [1.165, 1.54) is 6.07 Å². The molecule has 0 saturated heterocycles. The number of nitrogens with zero attached hydrogens (tertiary/aromatic N) is 2. The third-order valence-corrected chi connectivity index (χ3v) is 3.00. The predicted octanol–water partition coefficient (Wildman–Crippen LogP) is 2.72. The van der Waals surface area contributed by atoms with Crippen molar-refractivity contribution in [3.8, 4) is 0 Å². The lowest BCUT2D eigenvalue weighted by Crippen LogP contribution is -2.15. The number of rotatable bonds is 5. The Morgan fingerprint density at radius 2 is 2.26 bits per heavy atom. The second-order valence-corrected chi connectivity index (χ2v) is 4.17. The van der Waals surface area contributed by atoms with Crippen LogP contribution < -0.4 is 5.48 Å². The highest BCUT2D eigenvalue weighted by Gasteiger charge is 2.13. The maximum atomic E-state index is 13.8. The Labute approximate surface area is 111 Å². The number of hydrogen-bond acceptors (Lipinski definition) is 3. The van der Waals surface area contributed by atoms with Gasteiger partial charge in [0.25, 0.3) is 0 Å². The van der Waals surface area contributed by atoms with Crippen molar-refractivity contribution in [1.29, 1.82) is 0 Å². The van der Waals surface area contributed by atoms with Crippen molar-refractivity contribution >= 4 is 16.6 Å². The molecule has 0 aliphatic heterocycles. The number of fused-ring (bicyclic) bond motifs is 1. The van der Waals surface area contributed by atoms with Gasteiger partial charge in [0, 0.05) is 19.0 Å². The van der Waals surface area contributed by atoms with Crippen LogP contribution in [0.1, 0.15) is 19.5 Å². The van der Waals surface area contributed by atoms with Crippen LogP contribution in [0.5, 0.6) is 0 Å². The highest BCUT2D eigenvalue weighted by molar-refractivity contribution is 6.02. The fraction of sp³-hybridized carbons (Fsp3) is 0.357. The Hall–Kier alpha value is -1.72. The van der Waals surface area contributed by atoms with Crippen molar-refractivity contribution in [3.63, 3.8) is 0 Å². The average Bonchev–Trinajstić information content (AvgIpc) is 2.77. The van der Waals surface area contributed by atoms with Crippen LogP contribution in [0.3, 0.4) is 0 Å². The first-order chi connectivity index (χ1) is 9.19. The summed E-state index contributed by atoms with van der Waals surface area (Å²) in [5.41, 5.74) is 5.18. The lowest BCUT2D eigenvalue weighted by Gasteiger charge is -2.10. The van der Waals surface area contributed by atoms with Crippen LogP contribution in [0.4, 0.5) is 4.39 Å². The minimum absolute atomic E-state index is 0.230. The summed E-state index contributed by atoms with van der Waals surface area (Å²) in [6.45, 7) is 4.89. The molecule has 19 heavy (non-hydrogen) atoms. The lowest BCUT2D eigenvalue weighted by atomic mass is 10.2. The van der Waals surface area contributed by atoms with E-state index in [1.54, 1.807) is 13.1 Å². The molecular formula is C14H18FN3O. The third-order valence-electron chi connectivity index (χ3n) is 3.00. The fourth-order valence-electron chi connectivity index (χ4n) is 2.13. The van der Waals surface area contributed by atoms with Crippen molar-refractivity contribution in [2.45, 2.75) is 20.6 Å². The summed E-state index contributed by atoms with van der Waals surface area (Å²) in [4.78, 5) is 9.62. The molecule has 0 aliphatic carbocycles. The molecule has 4 nitrogen and oxygen atoms in total. The smallest absolute Gasteiger partial charge is 0.144 e. The van der Waals surface area contributed by atoms with Crippen LogP contribution in [-0.2, 0) is 11.6 Å². The van der Waals surface area contributed by atoms with Gasteiger partial charge in [-0.2, -0.15) is 0 Å². The monoisotopic (exact) mass is 263 g/mol. The van der Waals surface area contributed by atoms with E-state index in [-0.39, 0.29) is 5.82 Å². The Kier molecular flexibility index (Phi) is 4.29. The van der Waals surface area contributed by atoms with E-state index in [0.29, 0.717) is 18.7 Å². The van der Waals surface area contributed by atoms with E-state index in [0.717, 1.165) is 16.9 Å². The molecule has 102 valence electrons. The Balaban J connectivity index is 2.60. The van der Waals surface area contributed by atoms with E-state index in [1.807, 2.05) is 30.5 Å². The third kappa shape index (κ3) is 2.67. The SMILES string of the molecule is CC/N=C(\C)c1cc2c(F)cccc2n1CONC. The fourth-order valence-corrected chi connectivity index (χ4v) is 2.13. The second kappa shape index (κ2) is 5.95. The molecule has 2 rings (SSSR count). The largest absolute Gasteiger partial charge is 0.313 e.